The molecule has 1 unspecified atom stereocenters. The van der Waals surface area contributed by atoms with Gasteiger partial charge in [0.1, 0.15) is 12.1 Å². The topological polar surface area (TPSA) is 106 Å². The number of nitrogens with zero attached hydrogens (tertiary/aromatic N) is 2. The first-order valence-electron chi connectivity index (χ1n) is 6.63. The summed E-state index contributed by atoms with van der Waals surface area (Å²) in [5.74, 6) is -1.65. The molecule has 1 amide bonds. The van der Waals surface area contributed by atoms with Crippen LogP contribution in [0.1, 0.15) is 25.5 Å². The van der Waals surface area contributed by atoms with Gasteiger partial charge in [0, 0.05) is 18.9 Å². The number of carboxylic acid groups (broad SMARTS) is 1. The van der Waals surface area contributed by atoms with Gasteiger partial charge in [-0.3, -0.25) is 19.5 Å². The van der Waals surface area contributed by atoms with Gasteiger partial charge in [-0.25, -0.2) is 0 Å². The van der Waals surface area contributed by atoms with Crippen molar-refractivity contribution < 1.29 is 19.4 Å². The summed E-state index contributed by atoms with van der Waals surface area (Å²) in [6, 6.07) is 1.63. The van der Waals surface area contributed by atoms with Crippen LogP contribution in [0.2, 0.25) is 0 Å². The molecular formula is C14H19N3O4. The van der Waals surface area contributed by atoms with Crippen LogP contribution in [0.15, 0.2) is 24.5 Å². The van der Waals surface area contributed by atoms with E-state index < -0.39 is 29.6 Å². The van der Waals surface area contributed by atoms with Crippen molar-refractivity contribution in [2.75, 3.05) is 13.2 Å². The number of ether oxygens (including phenoxy) is 1. The average molecular weight is 293 g/mol. The molecule has 0 saturated carbocycles. The molecule has 114 valence electrons. The van der Waals surface area contributed by atoms with E-state index in [1.165, 1.54) is 6.20 Å². The van der Waals surface area contributed by atoms with Crippen LogP contribution in [0.5, 0.6) is 0 Å². The summed E-state index contributed by atoms with van der Waals surface area (Å²) >= 11 is 0. The van der Waals surface area contributed by atoms with Gasteiger partial charge in [-0.1, -0.05) is 6.07 Å². The first kappa shape index (κ1) is 15.4. The SMILES string of the molecule is CC1(C)CN(C(C(N)=O)c2cccnc2)[C@H](C(=O)O)CO1. The number of amides is 1. The molecule has 1 aromatic heterocycles. The quantitative estimate of drug-likeness (QED) is 0.820. The summed E-state index contributed by atoms with van der Waals surface area (Å²) in [7, 11) is 0. The molecule has 0 aliphatic carbocycles. The molecule has 0 aromatic carbocycles. The molecule has 2 heterocycles. The van der Waals surface area contributed by atoms with Crippen molar-refractivity contribution in [3.05, 3.63) is 30.1 Å². The first-order chi connectivity index (χ1) is 9.82. The Morgan fingerprint density at radius 1 is 1.57 bits per heavy atom. The second-order valence-electron chi connectivity index (χ2n) is 5.69. The third kappa shape index (κ3) is 3.37. The molecule has 2 rings (SSSR count). The summed E-state index contributed by atoms with van der Waals surface area (Å²) in [5, 5.41) is 9.37. The van der Waals surface area contributed by atoms with Crippen molar-refractivity contribution in [1.82, 2.24) is 9.88 Å². The van der Waals surface area contributed by atoms with Crippen LogP contribution in [0.4, 0.5) is 0 Å². The van der Waals surface area contributed by atoms with Crippen LogP contribution in [-0.2, 0) is 14.3 Å². The predicted octanol–water partition coefficient (Wildman–Crippen LogP) is 0.172. The number of hydrogen-bond acceptors (Lipinski definition) is 5. The molecule has 0 bridgehead atoms. The lowest BCUT2D eigenvalue weighted by atomic mass is 9.98. The molecule has 1 aliphatic rings. The minimum absolute atomic E-state index is 0.00632. The fourth-order valence-electron chi connectivity index (χ4n) is 2.54. The molecule has 0 radical (unpaired) electrons. The largest absolute Gasteiger partial charge is 0.480 e. The van der Waals surface area contributed by atoms with Crippen molar-refractivity contribution in [1.29, 1.82) is 0 Å². The highest BCUT2D eigenvalue weighted by Crippen LogP contribution is 2.29. The third-order valence-corrected chi connectivity index (χ3v) is 3.48. The molecular weight excluding hydrogens is 274 g/mol. The average Bonchev–Trinajstić information content (AvgIpc) is 2.38. The van der Waals surface area contributed by atoms with E-state index in [4.69, 9.17) is 10.5 Å². The Morgan fingerprint density at radius 3 is 2.81 bits per heavy atom. The van der Waals surface area contributed by atoms with Gasteiger partial charge in [-0.15, -0.1) is 0 Å². The van der Waals surface area contributed by atoms with Crippen molar-refractivity contribution in [3.63, 3.8) is 0 Å². The van der Waals surface area contributed by atoms with Crippen molar-refractivity contribution in [3.8, 4) is 0 Å². The molecule has 7 nitrogen and oxygen atoms in total. The lowest BCUT2D eigenvalue weighted by Crippen LogP contribution is -2.59. The van der Waals surface area contributed by atoms with E-state index in [0.29, 0.717) is 5.56 Å². The van der Waals surface area contributed by atoms with Crippen molar-refractivity contribution >= 4 is 11.9 Å². The maximum atomic E-state index is 11.9. The monoisotopic (exact) mass is 293 g/mol. The lowest BCUT2D eigenvalue weighted by molar-refractivity contribution is -0.168. The van der Waals surface area contributed by atoms with Gasteiger partial charge in [0.25, 0.3) is 0 Å². The van der Waals surface area contributed by atoms with E-state index >= 15 is 0 Å². The molecule has 1 aliphatic heterocycles. The Morgan fingerprint density at radius 2 is 2.29 bits per heavy atom. The number of aromatic nitrogens is 1. The molecule has 1 aromatic rings. The molecule has 2 atom stereocenters. The van der Waals surface area contributed by atoms with E-state index in [2.05, 4.69) is 4.98 Å². The molecule has 3 N–H and O–H groups in total. The van der Waals surface area contributed by atoms with Crippen LogP contribution in [-0.4, -0.2) is 51.7 Å². The van der Waals surface area contributed by atoms with Gasteiger partial charge in [-0.05, 0) is 25.5 Å². The number of hydrogen-bond donors (Lipinski definition) is 2. The van der Waals surface area contributed by atoms with Gasteiger partial charge < -0.3 is 15.6 Å². The highest BCUT2D eigenvalue weighted by atomic mass is 16.5. The van der Waals surface area contributed by atoms with E-state index in [-0.39, 0.29) is 13.2 Å². The highest BCUT2D eigenvalue weighted by molar-refractivity contribution is 5.83. The van der Waals surface area contributed by atoms with Crippen LogP contribution >= 0.6 is 0 Å². The van der Waals surface area contributed by atoms with Crippen LogP contribution in [0, 0.1) is 0 Å². The summed E-state index contributed by atoms with van der Waals surface area (Å²) in [5.41, 5.74) is 5.53. The second kappa shape index (κ2) is 5.79. The lowest BCUT2D eigenvalue weighted by Gasteiger charge is -2.44. The van der Waals surface area contributed by atoms with Gasteiger partial charge in [-0.2, -0.15) is 0 Å². The van der Waals surface area contributed by atoms with Gasteiger partial charge >= 0.3 is 5.97 Å². The third-order valence-electron chi connectivity index (χ3n) is 3.48. The maximum Gasteiger partial charge on any atom is 0.323 e. The number of carbonyl (C=O) groups excluding carboxylic acids is 1. The second-order valence-corrected chi connectivity index (χ2v) is 5.69. The number of primary amides is 1. The maximum absolute atomic E-state index is 11.9. The number of aliphatic carboxylic acids is 1. The number of pyridine rings is 1. The Bertz CT molecular complexity index is 532. The fraction of sp³-hybridized carbons (Fsp3) is 0.500. The number of carboxylic acids is 1. The smallest absolute Gasteiger partial charge is 0.323 e. The minimum Gasteiger partial charge on any atom is -0.480 e. The summed E-state index contributed by atoms with van der Waals surface area (Å²) in [6.45, 7) is 3.98. The summed E-state index contributed by atoms with van der Waals surface area (Å²) in [6.07, 6.45) is 3.11. The van der Waals surface area contributed by atoms with Crippen molar-refractivity contribution in [2.45, 2.75) is 31.5 Å². The predicted molar refractivity (Wildman–Crippen MR) is 74.3 cm³/mol. The molecule has 0 spiro atoms. The Kier molecular flexibility index (Phi) is 4.24. The molecule has 7 heteroatoms. The zero-order valence-corrected chi connectivity index (χ0v) is 12.0. The first-order valence-corrected chi connectivity index (χ1v) is 6.63. The Hall–Kier alpha value is -1.99. The molecule has 1 fully saturated rings. The van der Waals surface area contributed by atoms with Crippen molar-refractivity contribution in [2.24, 2.45) is 5.73 Å². The number of morpholine rings is 1. The Labute approximate surface area is 122 Å². The van der Waals surface area contributed by atoms with Crippen LogP contribution < -0.4 is 5.73 Å². The summed E-state index contributed by atoms with van der Waals surface area (Å²) in [4.78, 5) is 28.9. The minimum atomic E-state index is -1.04. The zero-order valence-electron chi connectivity index (χ0n) is 12.0. The Balaban J connectivity index is 2.40. The fourth-order valence-corrected chi connectivity index (χ4v) is 2.54. The van der Waals surface area contributed by atoms with E-state index in [1.807, 2.05) is 13.8 Å². The number of rotatable bonds is 4. The number of nitrogens with two attached hydrogens (primary N) is 1. The van der Waals surface area contributed by atoms with Crippen LogP contribution in [0.25, 0.3) is 0 Å². The normalized spacial score (nSPS) is 23.4. The van der Waals surface area contributed by atoms with Crippen LogP contribution in [0.3, 0.4) is 0 Å². The van der Waals surface area contributed by atoms with E-state index in [9.17, 15) is 14.7 Å². The van der Waals surface area contributed by atoms with Gasteiger partial charge in [0.05, 0.1) is 12.2 Å². The van der Waals surface area contributed by atoms with Gasteiger partial charge in [0.15, 0.2) is 0 Å². The highest BCUT2D eigenvalue weighted by Gasteiger charge is 2.43. The standard InChI is InChI=1S/C14H19N3O4/c1-14(2)8-17(10(7-21-14)13(19)20)11(12(15)18)9-4-3-5-16-6-9/h3-6,10-11H,7-8H2,1-2H3,(H2,15,18)(H,19,20)/t10-,11?/m0/s1. The zero-order chi connectivity index (χ0) is 15.6. The molecule has 1 saturated heterocycles. The van der Waals surface area contributed by atoms with E-state index in [1.54, 1.807) is 23.2 Å². The molecule has 21 heavy (non-hydrogen) atoms. The number of carbonyl (C=O) groups is 2. The van der Waals surface area contributed by atoms with E-state index in [0.717, 1.165) is 0 Å². The van der Waals surface area contributed by atoms with Gasteiger partial charge in [0.2, 0.25) is 5.91 Å². The summed E-state index contributed by atoms with van der Waals surface area (Å²) < 4.78 is 5.55.